The molecule has 36 heavy (non-hydrogen) atoms. The minimum atomic E-state index is -4.68. The molecule has 0 aliphatic heterocycles. The fraction of sp³-hybridized carbons (Fsp3) is 0.174. The largest absolute Gasteiger partial charge is 0.495 e. The van der Waals surface area contributed by atoms with Crippen LogP contribution in [-0.4, -0.2) is 28.0 Å². The van der Waals surface area contributed by atoms with Crippen molar-refractivity contribution in [3.05, 3.63) is 80.8 Å². The summed E-state index contributed by atoms with van der Waals surface area (Å²) in [6, 6.07) is 10.8. The van der Waals surface area contributed by atoms with E-state index in [1.165, 1.54) is 37.4 Å². The number of carbonyl (C=O) groups excluding carboxylic acids is 1. The van der Waals surface area contributed by atoms with E-state index in [1.54, 1.807) is 13.0 Å². The average Bonchev–Trinajstić information content (AvgIpc) is 2.80. The summed E-state index contributed by atoms with van der Waals surface area (Å²) in [5.74, 6) is -0.940. The first-order valence-electron chi connectivity index (χ1n) is 10.0. The number of hydrogen-bond donors (Lipinski definition) is 1. The van der Waals surface area contributed by atoms with E-state index in [9.17, 15) is 26.4 Å². The molecule has 3 aromatic carbocycles. The summed E-state index contributed by atoms with van der Waals surface area (Å²) in [5.41, 5.74) is -0.793. The van der Waals surface area contributed by atoms with Gasteiger partial charge in [-0.3, -0.25) is 9.10 Å². The Labute approximate surface area is 220 Å². The molecule has 192 valence electrons. The van der Waals surface area contributed by atoms with Crippen molar-refractivity contribution in [2.75, 3.05) is 23.3 Å². The summed E-state index contributed by atoms with van der Waals surface area (Å²) in [7, 11) is -3.16. The van der Waals surface area contributed by atoms with Crippen LogP contribution in [0, 0.1) is 6.92 Å². The molecule has 0 aromatic heterocycles. The van der Waals surface area contributed by atoms with Crippen LogP contribution in [0.25, 0.3) is 0 Å². The second kappa shape index (κ2) is 10.8. The van der Waals surface area contributed by atoms with Crippen LogP contribution >= 0.6 is 34.8 Å². The fourth-order valence-electron chi connectivity index (χ4n) is 3.18. The minimum absolute atomic E-state index is 0.0155. The van der Waals surface area contributed by atoms with Gasteiger partial charge in [0.15, 0.2) is 0 Å². The van der Waals surface area contributed by atoms with Crippen molar-refractivity contribution in [3.63, 3.8) is 0 Å². The van der Waals surface area contributed by atoms with Gasteiger partial charge in [-0.25, -0.2) is 8.42 Å². The minimum Gasteiger partial charge on any atom is -0.495 e. The highest BCUT2D eigenvalue weighted by Gasteiger charge is 2.33. The lowest BCUT2D eigenvalue weighted by molar-refractivity contribution is -0.137. The van der Waals surface area contributed by atoms with Gasteiger partial charge in [-0.1, -0.05) is 40.9 Å². The van der Waals surface area contributed by atoms with E-state index in [0.29, 0.717) is 11.6 Å². The highest BCUT2D eigenvalue weighted by Crippen LogP contribution is 2.35. The Kier molecular flexibility index (Phi) is 8.34. The Morgan fingerprint density at radius 1 is 0.972 bits per heavy atom. The predicted octanol–water partition coefficient (Wildman–Crippen LogP) is 6.82. The molecule has 3 aromatic rings. The number of nitrogens with zero attached hydrogens (tertiary/aromatic N) is 1. The maximum Gasteiger partial charge on any atom is 0.416 e. The zero-order chi connectivity index (χ0) is 26.8. The number of halogens is 6. The van der Waals surface area contributed by atoms with Crippen molar-refractivity contribution >= 4 is 62.1 Å². The number of anilines is 2. The van der Waals surface area contributed by atoms with Gasteiger partial charge in [-0.05, 0) is 61.0 Å². The number of nitrogens with one attached hydrogen (secondary N) is 1. The molecule has 13 heteroatoms. The quantitative estimate of drug-likeness (QED) is 0.332. The summed E-state index contributed by atoms with van der Waals surface area (Å²) in [5, 5.41) is 2.24. The van der Waals surface area contributed by atoms with E-state index in [-0.39, 0.29) is 37.1 Å². The second-order valence-corrected chi connectivity index (χ2v) is 10.6. The zero-order valence-corrected chi connectivity index (χ0v) is 21.7. The molecule has 3 rings (SSSR count). The van der Waals surface area contributed by atoms with Crippen molar-refractivity contribution in [2.24, 2.45) is 0 Å². The predicted molar refractivity (Wildman–Crippen MR) is 134 cm³/mol. The lowest BCUT2D eigenvalue weighted by Crippen LogP contribution is -2.38. The molecule has 0 aliphatic rings. The molecule has 0 saturated heterocycles. The fourth-order valence-corrected chi connectivity index (χ4v) is 5.29. The third-order valence-electron chi connectivity index (χ3n) is 4.93. The number of rotatable bonds is 7. The highest BCUT2D eigenvalue weighted by molar-refractivity contribution is 7.93. The molecule has 0 unspecified atom stereocenters. The van der Waals surface area contributed by atoms with Gasteiger partial charge in [-0.2, -0.15) is 13.2 Å². The maximum atomic E-state index is 13.7. The molecule has 6 nitrogen and oxygen atoms in total. The second-order valence-electron chi connectivity index (χ2n) is 7.50. The Bertz CT molecular complexity index is 1420. The first-order valence-corrected chi connectivity index (χ1v) is 12.6. The number of benzene rings is 3. The third kappa shape index (κ3) is 6.18. The molecule has 0 bridgehead atoms. The molecule has 1 amide bonds. The third-order valence-corrected chi connectivity index (χ3v) is 7.80. The van der Waals surface area contributed by atoms with Gasteiger partial charge < -0.3 is 10.1 Å². The summed E-state index contributed by atoms with van der Waals surface area (Å²) in [6.07, 6.45) is -4.68. The van der Waals surface area contributed by atoms with Crippen LogP contribution in [0.5, 0.6) is 5.75 Å². The van der Waals surface area contributed by atoms with Crippen molar-refractivity contribution in [2.45, 2.75) is 18.0 Å². The molecular weight excluding hydrogens is 564 g/mol. The molecule has 1 N–H and O–H groups in total. The van der Waals surface area contributed by atoms with Crippen LogP contribution < -0.4 is 14.4 Å². The van der Waals surface area contributed by atoms with Crippen molar-refractivity contribution in [3.8, 4) is 5.75 Å². The van der Waals surface area contributed by atoms with Crippen LogP contribution in [0.4, 0.5) is 24.5 Å². The topological polar surface area (TPSA) is 75.7 Å². The number of carbonyl (C=O) groups is 1. The van der Waals surface area contributed by atoms with Gasteiger partial charge in [0.2, 0.25) is 5.91 Å². The highest BCUT2D eigenvalue weighted by atomic mass is 35.5. The van der Waals surface area contributed by atoms with Crippen LogP contribution in [0.15, 0.2) is 59.5 Å². The van der Waals surface area contributed by atoms with Gasteiger partial charge >= 0.3 is 6.18 Å². The Morgan fingerprint density at radius 3 is 2.25 bits per heavy atom. The summed E-state index contributed by atoms with van der Waals surface area (Å²) >= 11 is 18.0. The number of aryl methyl sites for hydroxylation is 1. The number of sulfonamides is 1. The van der Waals surface area contributed by atoms with Crippen LogP contribution in [0.1, 0.15) is 11.1 Å². The lowest BCUT2D eigenvalue weighted by atomic mass is 10.2. The summed E-state index contributed by atoms with van der Waals surface area (Å²) in [4.78, 5) is 12.7. The number of methoxy groups -OCH3 is 1. The van der Waals surface area contributed by atoms with Crippen LogP contribution in [-0.2, 0) is 21.0 Å². The van der Waals surface area contributed by atoms with Crippen LogP contribution in [0.2, 0.25) is 15.1 Å². The van der Waals surface area contributed by atoms with Gasteiger partial charge in [0.1, 0.15) is 17.2 Å². The molecule has 0 saturated carbocycles. The Balaban J connectivity index is 2.05. The van der Waals surface area contributed by atoms with Crippen molar-refractivity contribution in [1.29, 1.82) is 0 Å². The molecule has 0 aliphatic carbocycles. The van der Waals surface area contributed by atoms with Gasteiger partial charge in [-0.15, -0.1) is 0 Å². The summed E-state index contributed by atoms with van der Waals surface area (Å²) in [6.45, 7) is 0.842. The monoisotopic (exact) mass is 580 g/mol. The zero-order valence-electron chi connectivity index (χ0n) is 18.7. The number of amides is 1. The van der Waals surface area contributed by atoms with Crippen molar-refractivity contribution in [1.82, 2.24) is 0 Å². The maximum absolute atomic E-state index is 13.7. The van der Waals surface area contributed by atoms with E-state index < -0.39 is 34.2 Å². The normalized spacial score (nSPS) is 11.8. The number of hydrogen-bond acceptors (Lipinski definition) is 4. The Hall–Kier alpha value is -2.66. The van der Waals surface area contributed by atoms with Crippen LogP contribution in [0.3, 0.4) is 0 Å². The van der Waals surface area contributed by atoms with E-state index >= 15 is 0 Å². The summed E-state index contributed by atoms with van der Waals surface area (Å²) < 4.78 is 72.7. The van der Waals surface area contributed by atoms with E-state index in [2.05, 4.69) is 5.32 Å². The molecule has 0 radical (unpaired) electrons. The van der Waals surface area contributed by atoms with Gasteiger partial charge in [0.05, 0.1) is 39.1 Å². The SMILES string of the molecule is COc1ccc(C)cc1S(=O)(=O)N(CC(=O)Nc1cc(C(F)(F)F)ccc1Cl)c1ccc(Cl)c(Cl)c1. The standard InChI is InChI=1S/C23H18Cl3F3N2O4S/c1-13-3-8-20(35-2)21(9-13)36(33,34)31(15-5-7-16(24)18(26)11-15)12-22(32)30-19-10-14(23(27,28)29)4-6-17(19)25/h3-11H,12H2,1-2H3,(H,30,32). The van der Waals surface area contributed by atoms with Gasteiger partial charge in [0, 0.05) is 0 Å². The molecular formula is C23H18Cl3F3N2O4S. The van der Waals surface area contributed by atoms with E-state index in [1.807, 2.05) is 0 Å². The number of alkyl halides is 3. The average molecular weight is 582 g/mol. The molecule has 0 spiro atoms. The van der Waals surface area contributed by atoms with Gasteiger partial charge in [0.25, 0.3) is 10.0 Å². The van der Waals surface area contributed by atoms with E-state index in [0.717, 1.165) is 16.4 Å². The molecule has 0 heterocycles. The first-order chi connectivity index (χ1) is 16.7. The Morgan fingerprint density at radius 2 is 1.64 bits per heavy atom. The smallest absolute Gasteiger partial charge is 0.416 e. The molecule has 0 atom stereocenters. The molecule has 0 fully saturated rings. The van der Waals surface area contributed by atoms with Crippen molar-refractivity contribution < 1.29 is 31.1 Å². The number of ether oxygens (including phenoxy) is 1. The first kappa shape index (κ1) is 27.9. The lowest BCUT2D eigenvalue weighted by Gasteiger charge is -2.25. The van der Waals surface area contributed by atoms with E-state index in [4.69, 9.17) is 39.5 Å².